The Morgan fingerprint density at radius 2 is 1.71 bits per heavy atom. The molecule has 208 valence electrons. The molecule has 1 saturated carbocycles. The Bertz CT molecular complexity index is 1170. The van der Waals surface area contributed by atoms with Gasteiger partial charge in [-0.3, -0.25) is 13.9 Å². The Kier molecular flexibility index (Phi) is 10.8. The van der Waals surface area contributed by atoms with E-state index in [1.165, 1.54) is 4.31 Å². The molecule has 0 radical (unpaired) electrons. The number of ether oxygens (including phenoxy) is 1. The van der Waals surface area contributed by atoms with Crippen LogP contribution >= 0.6 is 11.6 Å². The van der Waals surface area contributed by atoms with Gasteiger partial charge in [-0.25, -0.2) is 8.42 Å². The molecule has 2 aromatic carbocycles. The molecule has 1 aliphatic carbocycles. The summed E-state index contributed by atoms with van der Waals surface area (Å²) in [4.78, 5) is 28.5. The van der Waals surface area contributed by atoms with Gasteiger partial charge in [-0.2, -0.15) is 0 Å². The number of benzene rings is 2. The summed E-state index contributed by atoms with van der Waals surface area (Å²) in [7, 11) is -1.97. The summed E-state index contributed by atoms with van der Waals surface area (Å²) < 4.78 is 31.4. The van der Waals surface area contributed by atoms with Gasteiger partial charge in [0, 0.05) is 30.6 Å². The van der Waals surface area contributed by atoms with E-state index in [9.17, 15) is 18.0 Å². The van der Waals surface area contributed by atoms with E-state index in [0.29, 0.717) is 29.3 Å². The molecule has 0 unspecified atom stereocenters. The molecular formula is C28H38ClN3O5S. The molecule has 0 saturated heterocycles. The number of rotatable bonds is 13. The van der Waals surface area contributed by atoms with Crippen molar-refractivity contribution < 1.29 is 22.7 Å². The first-order chi connectivity index (χ1) is 18.1. The number of nitrogens with one attached hydrogen (secondary N) is 1. The second-order valence-electron chi connectivity index (χ2n) is 9.70. The zero-order chi connectivity index (χ0) is 27.7. The van der Waals surface area contributed by atoms with Crippen molar-refractivity contribution in [2.24, 2.45) is 0 Å². The van der Waals surface area contributed by atoms with E-state index in [2.05, 4.69) is 5.32 Å². The summed E-state index contributed by atoms with van der Waals surface area (Å²) in [5, 5.41) is 3.65. The van der Waals surface area contributed by atoms with Gasteiger partial charge in [-0.05, 0) is 67.6 Å². The van der Waals surface area contributed by atoms with Crippen molar-refractivity contribution >= 4 is 39.1 Å². The van der Waals surface area contributed by atoms with Gasteiger partial charge in [0.1, 0.15) is 11.8 Å². The van der Waals surface area contributed by atoms with E-state index in [-0.39, 0.29) is 37.4 Å². The van der Waals surface area contributed by atoms with E-state index in [0.717, 1.165) is 37.5 Å². The molecule has 0 spiro atoms. The van der Waals surface area contributed by atoms with Crippen LogP contribution in [-0.4, -0.2) is 57.1 Å². The van der Waals surface area contributed by atoms with Gasteiger partial charge < -0.3 is 15.0 Å². The number of anilines is 1. The first-order valence-corrected chi connectivity index (χ1v) is 15.3. The molecule has 1 aliphatic rings. The number of hydrogen-bond donors (Lipinski definition) is 1. The van der Waals surface area contributed by atoms with Crippen molar-refractivity contribution in [3.63, 3.8) is 0 Å². The van der Waals surface area contributed by atoms with Gasteiger partial charge in [0.2, 0.25) is 21.8 Å². The fourth-order valence-corrected chi connectivity index (χ4v) is 5.92. The molecule has 1 fully saturated rings. The van der Waals surface area contributed by atoms with Gasteiger partial charge in [-0.1, -0.05) is 43.5 Å². The first-order valence-electron chi connectivity index (χ1n) is 13.1. The molecule has 3 rings (SSSR count). The van der Waals surface area contributed by atoms with Crippen LogP contribution in [-0.2, 0) is 26.2 Å². The molecular weight excluding hydrogens is 526 g/mol. The number of carbonyl (C=O) groups excluding carboxylic acids is 2. The molecule has 1 atom stereocenters. The summed E-state index contributed by atoms with van der Waals surface area (Å²) in [5.74, 6) is 0.375. The third kappa shape index (κ3) is 8.36. The van der Waals surface area contributed by atoms with Crippen molar-refractivity contribution in [3.8, 4) is 5.75 Å². The second-order valence-corrected chi connectivity index (χ2v) is 12.0. The van der Waals surface area contributed by atoms with Gasteiger partial charge in [-0.15, -0.1) is 0 Å². The highest BCUT2D eigenvalue weighted by Gasteiger charge is 2.30. The number of nitrogens with zero attached hydrogens (tertiary/aromatic N) is 2. The fourth-order valence-electron chi connectivity index (χ4n) is 4.83. The predicted octanol–water partition coefficient (Wildman–Crippen LogP) is 4.76. The zero-order valence-electron chi connectivity index (χ0n) is 22.4. The lowest BCUT2D eigenvalue weighted by atomic mass is 10.1. The summed E-state index contributed by atoms with van der Waals surface area (Å²) in [5.41, 5.74) is 1.37. The lowest BCUT2D eigenvalue weighted by molar-refractivity contribution is -0.141. The normalized spacial score (nSPS) is 14.6. The molecule has 38 heavy (non-hydrogen) atoms. The molecule has 10 heteroatoms. The van der Waals surface area contributed by atoms with E-state index >= 15 is 0 Å². The Morgan fingerprint density at radius 3 is 2.26 bits per heavy atom. The Labute approximate surface area is 231 Å². The highest BCUT2D eigenvalue weighted by molar-refractivity contribution is 7.92. The average molecular weight is 564 g/mol. The molecule has 0 aliphatic heterocycles. The maximum Gasteiger partial charge on any atom is 0.243 e. The smallest absolute Gasteiger partial charge is 0.243 e. The van der Waals surface area contributed by atoms with Crippen molar-refractivity contribution in [1.29, 1.82) is 0 Å². The molecule has 0 aromatic heterocycles. The highest BCUT2D eigenvalue weighted by atomic mass is 35.5. The number of amides is 2. The fraction of sp³-hybridized carbons (Fsp3) is 0.500. The van der Waals surface area contributed by atoms with Crippen LogP contribution in [0.1, 0.15) is 57.4 Å². The maximum absolute atomic E-state index is 13.6. The molecule has 8 nitrogen and oxygen atoms in total. The molecule has 0 bridgehead atoms. The Balaban J connectivity index is 1.75. The number of methoxy groups -OCH3 is 1. The third-order valence-electron chi connectivity index (χ3n) is 6.87. The van der Waals surface area contributed by atoms with E-state index in [1.807, 2.05) is 31.2 Å². The number of sulfonamides is 1. The largest absolute Gasteiger partial charge is 0.497 e. The maximum atomic E-state index is 13.6. The van der Waals surface area contributed by atoms with Crippen molar-refractivity contribution in [2.45, 2.75) is 70.5 Å². The van der Waals surface area contributed by atoms with Crippen LogP contribution < -0.4 is 14.4 Å². The van der Waals surface area contributed by atoms with E-state index < -0.39 is 16.1 Å². The summed E-state index contributed by atoms with van der Waals surface area (Å²) in [6, 6.07) is 13.5. The first kappa shape index (κ1) is 29.8. The Morgan fingerprint density at radius 1 is 1.08 bits per heavy atom. The monoisotopic (exact) mass is 563 g/mol. The summed E-state index contributed by atoms with van der Waals surface area (Å²) in [6.45, 7) is 2.30. The highest BCUT2D eigenvalue weighted by Crippen LogP contribution is 2.23. The topological polar surface area (TPSA) is 96.0 Å². The molecule has 1 N–H and O–H groups in total. The summed E-state index contributed by atoms with van der Waals surface area (Å²) >= 11 is 5.96. The molecule has 2 aromatic rings. The van der Waals surface area contributed by atoms with Crippen LogP contribution in [0.25, 0.3) is 0 Å². The lowest BCUT2D eigenvalue weighted by Gasteiger charge is -2.32. The third-order valence-corrected chi connectivity index (χ3v) is 8.31. The number of halogens is 1. The minimum Gasteiger partial charge on any atom is -0.497 e. The van der Waals surface area contributed by atoms with Crippen LogP contribution in [0.3, 0.4) is 0 Å². The van der Waals surface area contributed by atoms with Crippen LogP contribution in [0.5, 0.6) is 5.75 Å². The van der Waals surface area contributed by atoms with Gasteiger partial charge in [0.15, 0.2) is 0 Å². The van der Waals surface area contributed by atoms with Crippen LogP contribution in [0.2, 0.25) is 5.02 Å². The van der Waals surface area contributed by atoms with Crippen LogP contribution in [0, 0.1) is 0 Å². The lowest BCUT2D eigenvalue weighted by Crippen LogP contribution is -2.51. The van der Waals surface area contributed by atoms with Crippen molar-refractivity contribution in [3.05, 3.63) is 59.1 Å². The number of carbonyl (C=O) groups is 2. The quantitative estimate of drug-likeness (QED) is 0.379. The van der Waals surface area contributed by atoms with E-state index in [1.54, 1.807) is 36.3 Å². The van der Waals surface area contributed by atoms with Gasteiger partial charge >= 0.3 is 0 Å². The second kappa shape index (κ2) is 13.8. The average Bonchev–Trinajstić information content (AvgIpc) is 3.40. The Hall–Kier alpha value is -2.78. The predicted molar refractivity (Wildman–Crippen MR) is 151 cm³/mol. The van der Waals surface area contributed by atoms with Gasteiger partial charge in [0.25, 0.3) is 0 Å². The molecule has 0 heterocycles. The van der Waals surface area contributed by atoms with Crippen molar-refractivity contribution in [1.82, 2.24) is 10.2 Å². The zero-order valence-corrected chi connectivity index (χ0v) is 23.9. The van der Waals surface area contributed by atoms with Crippen LogP contribution in [0.15, 0.2) is 48.5 Å². The molecule has 2 amide bonds. The minimum atomic E-state index is -3.56. The van der Waals surface area contributed by atoms with Crippen LogP contribution in [0.4, 0.5) is 5.69 Å². The minimum absolute atomic E-state index is 0.100. The summed E-state index contributed by atoms with van der Waals surface area (Å²) in [6.07, 6.45) is 6.13. The van der Waals surface area contributed by atoms with E-state index in [4.69, 9.17) is 16.3 Å². The SMILES string of the molecule is CC[C@@H](C(=O)NC1CCCC1)N(Cc1ccc(OC)cc1)C(=O)CCCN(c1ccc(Cl)cc1)S(C)(=O)=O. The van der Waals surface area contributed by atoms with Gasteiger partial charge in [0.05, 0.1) is 19.1 Å². The standard InChI is InChI=1S/C28H38ClN3O5S/c1-4-26(28(34)30-23-8-5-6-9-23)31(20-21-11-17-25(37-2)18-12-21)27(33)10-7-19-32(38(3,35)36)24-15-13-22(29)14-16-24/h11-18,23,26H,4-10,19-20H2,1-3H3,(H,30,34)/t26-/m0/s1. The number of hydrogen-bond acceptors (Lipinski definition) is 5. The van der Waals surface area contributed by atoms with Crippen molar-refractivity contribution in [2.75, 3.05) is 24.2 Å².